The molecular formula is C20H23FN2O2S. The van der Waals surface area contributed by atoms with Crippen LogP contribution in [0.2, 0.25) is 0 Å². The molecule has 1 saturated heterocycles. The molecule has 2 aliphatic heterocycles. The molecule has 0 spiro atoms. The normalized spacial score (nSPS) is 25.5. The molecule has 0 bridgehead atoms. The van der Waals surface area contributed by atoms with Gasteiger partial charge in [-0.05, 0) is 67.4 Å². The summed E-state index contributed by atoms with van der Waals surface area (Å²) in [4.78, 5) is 2.52. The fraction of sp³-hybridized carbons (Fsp3) is 0.400. The zero-order valence-corrected chi connectivity index (χ0v) is 15.8. The van der Waals surface area contributed by atoms with E-state index in [9.17, 15) is 12.8 Å². The number of hydrogen-bond acceptors (Lipinski definition) is 4. The summed E-state index contributed by atoms with van der Waals surface area (Å²) in [5.74, 6) is 0.238. The number of nitrogens with one attached hydrogen (secondary N) is 1. The Morgan fingerprint density at radius 1 is 1.15 bits per heavy atom. The van der Waals surface area contributed by atoms with Crippen LogP contribution in [0.15, 0.2) is 52.3 Å². The Morgan fingerprint density at radius 3 is 2.69 bits per heavy atom. The summed E-state index contributed by atoms with van der Waals surface area (Å²) >= 11 is 0. The summed E-state index contributed by atoms with van der Waals surface area (Å²) < 4.78 is 39.4. The smallest absolute Gasteiger partial charge is 0.206 e. The van der Waals surface area contributed by atoms with Gasteiger partial charge in [-0.1, -0.05) is 13.0 Å². The number of nitrogens with zero attached hydrogens (tertiary/aromatic N) is 1. The Bertz CT molecular complexity index is 945. The first-order valence-electron chi connectivity index (χ1n) is 8.98. The quantitative estimate of drug-likeness (QED) is 0.877. The molecule has 6 heteroatoms. The number of benzene rings is 2. The van der Waals surface area contributed by atoms with Crippen molar-refractivity contribution >= 4 is 15.5 Å². The highest BCUT2D eigenvalue weighted by molar-refractivity contribution is 7.91. The van der Waals surface area contributed by atoms with Gasteiger partial charge in [0, 0.05) is 24.7 Å². The Morgan fingerprint density at radius 2 is 1.92 bits per heavy atom. The standard InChI is InChI=1S/C20H23FN2O2S/c1-13-12-22-9-8-17-18-11-16(6-7-19(18)23(2)20(13)17)26(24,25)15-5-3-4-14(21)10-15/h3-7,10-11,13,17,20,22H,8-9,12H2,1-2H3/t13?,17-,20+/m0/s1. The Hall–Kier alpha value is -1.92. The van der Waals surface area contributed by atoms with Crippen LogP contribution in [0.25, 0.3) is 0 Å². The molecule has 0 aliphatic carbocycles. The van der Waals surface area contributed by atoms with Gasteiger partial charge in [-0.15, -0.1) is 0 Å². The molecule has 2 aromatic rings. The maximum absolute atomic E-state index is 13.5. The van der Waals surface area contributed by atoms with Crippen LogP contribution >= 0.6 is 0 Å². The molecule has 26 heavy (non-hydrogen) atoms. The number of anilines is 1. The van der Waals surface area contributed by atoms with E-state index in [4.69, 9.17) is 0 Å². The van der Waals surface area contributed by atoms with Crippen molar-refractivity contribution < 1.29 is 12.8 Å². The Labute approximate surface area is 153 Å². The van der Waals surface area contributed by atoms with Gasteiger partial charge in [0.15, 0.2) is 0 Å². The minimum absolute atomic E-state index is 0.00347. The molecule has 138 valence electrons. The lowest BCUT2D eigenvalue weighted by atomic mass is 9.86. The fourth-order valence-electron chi connectivity index (χ4n) is 4.52. The summed E-state index contributed by atoms with van der Waals surface area (Å²) in [7, 11) is -1.65. The van der Waals surface area contributed by atoms with E-state index in [-0.39, 0.29) is 9.79 Å². The van der Waals surface area contributed by atoms with E-state index in [0.29, 0.717) is 17.9 Å². The second kappa shape index (κ2) is 6.35. The van der Waals surface area contributed by atoms with Gasteiger partial charge < -0.3 is 10.2 Å². The highest BCUT2D eigenvalue weighted by Gasteiger charge is 2.41. The second-order valence-corrected chi connectivity index (χ2v) is 9.31. The van der Waals surface area contributed by atoms with Gasteiger partial charge in [0.25, 0.3) is 0 Å². The first-order valence-corrected chi connectivity index (χ1v) is 10.5. The van der Waals surface area contributed by atoms with E-state index in [1.165, 1.54) is 18.2 Å². The summed E-state index contributed by atoms with van der Waals surface area (Å²) in [5.41, 5.74) is 2.19. The third kappa shape index (κ3) is 2.72. The van der Waals surface area contributed by atoms with Gasteiger partial charge in [0.05, 0.1) is 9.79 Å². The molecule has 1 N–H and O–H groups in total. The summed E-state index contributed by atoms with van der Waals surface area (Å²) in [5, 5.41) is 3.47. The maximum atomic E-state index is 13.5. The van der Waals surface area contributed by atoms with Gasteiger partial charge in [0.2, 0.25) is 9.84 Å². The number of sulfone groups is 1. The average molecular weight is 374 g/mol. The molecule has 3 atom stereocenters. The van der Waals surface area contributed by atoms with Crippen LogP contribution in [0.3, 0.4) is 0 Å². The molecule has 1 fully saturated rings. The predicted octanol–water partition coefficient (Wildman–Crippen LogP) is 3.19. The molecule has 2 heterocycles. The lowest BCUT2D eigenvalue weighted by molar-refractivity contribution is 0.417. The average Bonchev–Trinajstić information content (AvgIpc) is 2.76. The fourth-order valence-corrected chi connectivity index (χ4v) is 5.84. The van der Waals surface area contributed by atoms with Gasteiger partial charge in [-0.25, -0.2) is 12.8 Å². The Balaban J connectivity index is 1.79. The molecule has 0 radical (unpaired) electrons. The minimum Gasteiger partial charge on any atom is -0.370 e. The SMILES string of the molecule is CC1CNCC[C@H]2c3cc(S(=O)(=O)c4cccc(F)c4)ccc3N(C)[C@H]12. The number of halogens is 1. The Kier molecular flexibility index (Phi) is 4.28. The lowest BCUT2D eigenvalue weighted by Gasteiger charge is -2.30. The van der Waals surface area contributed by atoms with E-state index in [1.54, 1.807) is 12.1 Å². The molecule has 0 aromatic heterocycles. The number of rotatable bonds is 2. The van der Waals surface area contributed by atoms with Crippen LogP contribution in [0.5, 0.6) is 0 Å². The first kappa shape index (κ1) is 17.5. The third-order valence-corrected chi connectivity index (χ3v) is 7.49. The second-order valence-electron chi connectivity index (χ2n) is 7.36. The first-order chi connectivity index (χ1) is 12.4. The van der Waals surface area contributed by atoms with Gasteiger partial charge in [0.1, 0.15) is 5.82 Å². The van der Waals surface area contributed by atoms with Gasteiger partial charge >= 0.3 is 0 Å². The molecule has 1 unspecified atom stereocenters. The highest BCUT2D eigenvalue weighted by atomic mass is 32.2. The number of likely N-dealkylation sites (N-methyl/N-ethyl adjacent to an activating group) is 1. The summed E-state index contributed by atoms with van der Waals surface area (Å²) in [6.07, 6.45) is 0.982. The zero-order chi connectivity index (χ0) is 18.5. The lowest BCUT2D eigenvalue weighted by Crippen LogP contribution is -2.38. The summed E-state index contributed by atoms with van der Waals surface area (Å²) in [6, 6.07) is 10.9. The predicted molar refractivity (Wildman–Crippen MR) is 99.9 cm³/mol. The van der Waals surface area contributed by atoms with Crippen molar-refractivity contribution in [1.82, 2.24) is 5.32 Å². The van der Waals surface area contributed by atoms with Crippen LogP contribution in [0, 0.1) is 11.7 Å². The van der Waals surface area contributed by atoms with E-state index in [0.717, 1.165) is 36.8 Å². The van der Waals surface area contributed by atoms with Gasteiger partial charge in [-0.3, -0.25) is 0 Å². The van der Waals surface area contributed by atoms with Crippen molar-refractivity contribution in [1.29, 1.82) is 0 Å². The van der Waals surface area contributed by atoms with E-state index in [2.05, 4.69) is 24.2 Å². The van der Waals surface area contributed by atoms with Crippen LogP contribution in [0.1, 0.15) is 24.8 Å². The number of fused-ring (bicyclic) bond motifs is 3. The minimum atomic E-state index is -3.74. The van der Waals surface area contributed by atoms with Crippen LogP contribution in [-0.4, -0.2) is 34.6 Å². The topological polar surface area (TPSA) is 49.4 Å². The zero-order valence-electron chi connectivity index (χ0n) is 14.9. The van der Waals surface area contributed by atoms with E-state index in [1.807, 2.05) is 6.07 Å². The van der Waals surface area contributed by atoms with Crippen molar-refractivity contribution in [2.24, 2.45) is 5.92 Å². The molecule has 4 rings (SSSR count). The van der Waals surface area contributed by atoms with Gasteiger partial charge in [-0.2, -0.15) is 0 Å². The van der Waals surface area contributed by atoms with Crippen LogP contribution < -0.4 is 10.2 Å². The highest BCUT2D eigenvalue weighted by Crippen LogP contribution is 2.46. The van der Waals surface area contributed by atoms with Crippen molar-refractivity contribution in [2.45, 2.75) is 35.1 Å². The molecule has 2 aromatic carbocycles. The molecule has 2 aliphatic rings. The van der Waals surface area contributed by atoms with E-state index < -0.39 is 15.7 Å². The molecule has 4 nitrogen and oxygen atoms in total. The third-order valence-electron chi connectivity index (χ3n) is 5.74. The van der Waals surface area contributed by atoms with E-state index >= 15 is 0 Å². The maximum Gasteiger partial charge on any atom is 0.206 e. The summed E-state index contributed by atoms with van der Waals surface area (Å²) in [6.45, 7) is 4.14. The van der Waals surface area contributed by atoms with Crippen LogP contribution in [0.4, 0.5) is 10.1 Å². The van der Waals surface area contributed by atoms with Crippen molar-refractivity contribution in [2.75, 3.05) is 25.0 Å². The largest absolute Gasteiger partial charge is 0.370 e. The van der Waals surface area contributed by atoms with Crippen molar-refractivity contribution in [3.8, 4) is 0 Å². The van der Waals surface area contributed by atoms with Crippen molar-refractivity contribution in [3.63, 3.8) is 0 Å². The number of hydrogen-bond donors (Lipinski definition) is 1. The van der Waals surface area contributed by atoms with Crippen LogP contribution in [-0.2, 0) is 9.84 Å². The molecular weight excluding hydrogens is 351 g/mol. The molecule has 0 saturated carbocycles. The monoisotopic (exact) mass is 374 g/mol. The molecule has 0 amide bonds. The van der Waals surface area contributed by atoms with Crippen molar-refractivity contribution in [3.05, 3.63) is 53.8 Å².